The first-order chi connectivity index (χ1) is 14.6. The van der Waals surface area contributed by atoms with Crippen molar-refractivity contribution in [3.8, 4) is 0 Å². The Hall–Kier alpha value is -2.05. The molecule has 0 aliphatic carbocycles. The van der Waals surface area contributed by atoms with Crippen LogP contribution in [0.3, 0.4) is 0 Å². The van der Waals surface area contributed by atoms with Gasteiger partial charge in [-0.25, -0.2) is 0 Å². The van der Waals surface area contributed by atoms with E-state index in [0.29, 0.717) is 13.2 Å². The second kappa shape index (κ2) is 9.40. The van der Waals surface area contributed by atoms with E-state index in [9.17, 15) is 4.79 Å². The molecule has 0 aromatic heterocycles. The van der Waals surface area contributed by atoms with E-state index in [0.717, 1.165) is 24.0 Å². The highest BCUT2D eigenvalue weighted by Crippen LogP contribution is 2.40. The zero-order chi connectivity index (χ0) is 21.0. The molecule has 30 heavy (non-hydrogen) atoms. The van der Waals surface area contributed by atoms with Crippen LogP contribution in [0.15, 0.2) is 60.7 Å². The largest absolute Gasteiger partial charge is 0.368 e. The maximum atomic E-state index is 13.1. The summed E-state index contributed by atoms with van der Waals surface area (Å²) in [5.41, 5.74) is 2.12. The van der Waals surface area contributed by atoms with E-state index in [1.54, 1.807) is 0 Å². The Balaban J connectivity index is 1.44. The number of ether oxygens (including phenoxy) is 4. The number of carbonyl (C=O) groups is 1. The predicted molar refractivity (Wildman–Crippen MR) is 113 cm³/mol. The molecule has 0 amide bonds. The van der Waals surface area contributed by atoms with Gasteiger partial charge in [0.2, 0.25) is 5.79 Å². The van der Waals surface area contributed by atoms with Crippen LogP contribution in [0.4, 0.5) is 0 Å². The van der Waals surface area contributed by atoms with Gasteiger partial charge in [0.1, 0.15) is 12.2 Å². The van der Waals surface area contributed by atoms with E-state index in [-0.39, 0.29) is 24.4 Å². The Bertz CT molecular complexity index is 824. The number of ketones is 1. The lowest BCUT2D eigenvalue weighted by molar-refractivity contribution is -0.355. The summed E-state index contributed by atoms with van der Waals surface area (Å²) < 4.78 is 24.8. The van der Waals surface area contributed by atoms with Crippen LogP contribution in [0.5, 0.6) is 0 Å². The maximum absolute atomic E-state index is 13.1. The van der Waals surface area contributed by atoms with Crippen LogP contribution in [0.25, 0.3) is 0 Å². The molecule has 0 saturated carbocycles. The highest BCUT2D eigenvalue weighted by atomic mass is 16.7. The van der Waals surface area contributed by atoms with Gasteiger partial charge in [-0.15, -0.1) is 0 Å². The van der Waals surface area contributed by atoms with Crippen molar-refractivity contribution < 1.29 is 23.7 Å². The molecule has 2 heterocycles. The lowest BCUT2D eigenvalue weighted by atomic mass is 9.88. The molecule has 2 saturated heterocycles. The standard InChI is InChI=1S/C25H30O5/c1-18-13-14-23(27-16-20-9-5-3-6-10-20)25(29-18)15-22(26)24(19(2)30-25)28-17-21-11-7-4-8-12-21/h3-12,18-19,23-24H,13-17H2,1-2H3/t18-,19+,23+,24+,25+/m1/s1. The molecule has 0 N–H and O–H groups in total. The minimum Gasteiger partial charge on any atom is -0.368 e. The fraction of sp³-hybridized carbons (Fsp3) is 0.480. The summed E-state index contributed by atoms with van der Waals surface area (Å²) in [4.78, 5) is 13.1. The van der Waals surface area contributed by atoms with Crippen molar-refractivity contribution in [2.75, 3.05) is 0 Å². The molecule has 2 fully saturated rings. The van der Waals surface area contributed by atoms with Gasteiger partial charge in [-0.1, -0.05) is 60.7 Å². The SMILES string of the molecule is C[C@@H]1CC[C@H](OCc2ccccc2)[C@@]2(CC(=O)[C@@H](OCc3ccccc3)[C@H](C)O2)O1. The predicted octanol–water partition coefficient (Wildman–Crippen LogP) is 4.43. The quantitative estimate of drug-likeness (QED) is 0.705. The van der Waals surface area contributed by atoms with Gasteiger partial charge in [-0.3, -0.25) is 4.79 Å². The molecular weight excluding hydrogens is 380 g/mol. The first-order valence-electron chi connectivity index (χ1n) is 10.7. The molecule has 5 nitrogen and oxygen atoms in total. The Labute approximate surface area is 178 Å². The number of rotatable bonds is 6. The third-order valence-electron chi connectivity index (χ3n) is 5.84. The van der Waals surface area contributed by atoms with Gasteiger partial charge >= 0.3 is 0 Å². The molecule has 2 aromatic rings. The Morgan fingerprint density at radius 2 is 1.47 bits per heavy atom. The third kappa shape index (κ3) is 4.81. The average molecular weight is 411 g/mol. The van der Waals surface area contributed by atoms with Crippen molar-refractivity contribution in [1.29, 1.82) is 0 Å². The third-order valence-corrected chi connectivity index (χ3v) is 5.84. The molecular formula is C25H30O5. The van der Waals surface area contributed by atoms with E-state index in [4.69, 9.17) is 18.9 Å². The van der Waals surface area contributed by atoms with Gasteiger partial charge in [0, 0.05) is 0 Å². The van der Waals surface area contributed by atoms with E-state index >= 15 is 0 Å². The molecule has 2 aromatic carbocycles. The van der Waals surface area contributed by atoms with Crippen molar-refractivity contribution in [3.63, 3.8) is 0 Å². The van der Waals surface area contributed by atoms with E-state index < -0.39 is 18.0 Å². The first kappa shape index (κ1) is 21.2. The zero-order valence-corrected chi connectivity index (χ0v) is 17.7. The Morgan fingerprint density at radius 3 is 2.07 bits per heavy atom. The zero-order valence-electron chi connectivity index (χ0n) is 17.7. The van der Waals surface area contributed by atoms with Crippen molar-refractivity contribution >= 4 is 5.78 Å². The highest BCUT2D eigenvalue weighted by Gasteiger charge is 2.54. The Kier molecular flexibility index (Phi) is 6.64. The summed E-state index contributed by atoms with van der Waals surface area (Å²) in [6.07, 6.45) is 0.513. The van der Waals surface area contributed by atoms with Crippen molar-refractivity contribution in [3.05, 3.63) is 71.8 Å². The monoisotopic (exact) mass is 410 g/mol. The molecule has 5 heteroatoms. The van der Waals surface area contributed by atoms with Gasteiger partial charge in [-0.2, -0.15) is 0 Å². The van der Waals surface area contributed by atoms with Crippen molar-refractivity contribution in [2.45, 2.75) is 76.5 Å². The molecule has 160 valence electrons. The van der Waals surface area contributed by atoms with Crippen molar-refractivity contribution in [1.82, 2.24) is 0 Å². The molecule has 2 aliphatic heterocycles. The lowest BCUT2D eigenvalue weighted by Crippen LogP contribution is -2.62. The second-order valence-electron chi connectivity index (χ2n) is 8.29. The minimum atomic E-state index is -1.05. The summed E-state index contributed by atoms with van der Waals surface area (Å²) in [5, 5.41) is 0. The van der Waals surface area contributed by atoms with Gasteiger partial charge in [0.25, 0.3) is 0 Å². The van der Waals surface area contributed by atoms with Crippen LogP contribution >= 0.6 is 0 Å². The highest BCUT2D eigenvalue weighted by molar-refractivity contribution is 5.85. The first-order valence-corrected chi connectivity index (χ1v) is 10.7. The second-order valence-corrected chi connectivity index (χ2v) is 8.29. The summed E-state index contributed by atoms with van der Waals surface area (Å²) in [6.45, 7) is 4.74. The van der Waals surface area contributed by atoms with Crippen molar-refractivity contribution in [2.24, 2.45) is 0 Å². The summed E-state index contributed by atoms with van der Waals surface area (Å²) in [7, 11) is 0. The number of hydrogen-bond acceptors (Lipinski definition) is 5. The summed E-state index contributed by atoms with van der Waals surface area (Å²) in [6, 6.07) is 19.9. The fourth-order valence-electron chi connectivity index (χ4n) is 4.33. The molecule has 5 atom stereocenters. The normalized spacial score (nSPS) is 31.7. The molecule has 2 aliphatic rings. The van der Waals surface area contributed by atoms with Crippen LogP contribution in [-0.4, -0.2) is 36.0 Å². The van der Waals surface area contributed by atoms with Crippen LogP contribution in [0.1, 0.15) is 44.2 Å². The number of benzene rings is 2. The smallest absolute Gasteiger partial charge is 0.202 e. The Morgan fingerprint density at radius 1 is 0.867 bits per heavy atom. The van der Waals surface area contributed by atoms with E-state index in [1.807, 2.05) is 74.5 Å². The van der Waals surface area contributed by atoms with Crippen LogP contribution in [0.2, 0.25) is 0 Å². The summed E-state index contributed by atoms with van der Waals surface area (Å²) in [5.74, 6) is -1.04. The molecule has 4 rings (SSSR count). The lowest BCUT2D eigenvalue weighted by Gasteiger charge is -2.50. The molecule has 0 bridgehead atoms. The van der Waals surface area contributed by atoms with Crippen LogP contribution < -0.4 is 0 Å². The van der Waals surface area contributed by atoms with Crippen LogP contribution in [-0.2, 0) is 37.0 Å². The maximum Gasteiger partial charge on any atom is 0.202 e. The number of carbonyl (C=O) groups excluding carboxylic acids is 1. The van der Waals surface area contributed by atoms with Crippen LogP contribution in [0, 0.1) is 0 Å². The molecule has 0 unspecified atom stereocenters. The number of hydrogen-bond donors (Lipinski definition) is 0. The molecule has 1 spiro atoms. The van der Waals surface area contributed by atoms with E-state index in [1.165, 1.54) is 0 Å². The van der Waals surface area contributed by atoms with Gasteiger partial charge in [-0.05, 0) is 37.8 Å². The fourth-order valence-corrected chi connectivity index (χ4v) is 4.33. The number of Topliss-reactive ketones (excluding diaryl/α,β-unsaturated/α-hetero) is 1. The summed E-state index contributed by atoms with van der Waals surface area (Å²) >= 11 is 0. The van der Waals surface area contributed by atoms with E-state index in [2.05, 4.69) is 0 Å². The average Bonchev–Trinajstić information content (AvgIpc) is 2.74. The van der Waals surface area contributed by atoms with Gasteiger partial charge < -0.3 is 18.9 Å². The molecule has 0 radical (unpaired) electrons. The topological polar surface area (TPSA) is 54.0 Å². The van der Waals surface area contributed by atoms with Gasteiger partial charge in [0.05, 0.1) is 31.8 Å². The minimum absolute atomic E-state index is 0.00657. The van der Waals surface area contributed by atoms with Gasteiger partial charge in [0.15, 0.2) is 5.78 Å².